The van der Waals surface area contributed by atoms with Gasteiger partial charge in [-0.15, -0.1) is 5.75 Å². The number of hydrogen-bond donors (Lipinski definition) is 8. The number of aliphatic carboxylic acids is 1. The van der Waals surface area contributed by atoms with Gasteiger partial charge in [0.15, 0.2) is 0 Å². The zero-order chi connectivity index (χ0) is 43.5. The van der Waals surface area contributed by atoms with Crippen molar-refractivity contribution < 1.29 is 40.5 Å². The maximum absolute atomic E-state index is 13.2. The van der Waals surface area contributed by atoms with Crippen LogP contribution in [-0.4, -0.2) is 64.4 Å². The Morgan fingerprint density at radius 1 is 0.951 bits per heavy atom. The molecule has 11 nitrogen and oxygen atoms in total. The molecule has 0 spiro atoms. The van der Waals surface area contributed by atoms with Gasteiger partial charge < -0.3 is 46.5 Å². The van der Waals surface area contributed by atoms with E-state index in [1.54, 1.807) is 24.4 Å². The van der Waals surface area contributed by atoms with Crippen LogP contribution in [0.25, 0.3) is 11.3 Å². The second-order valence-electron chi connectivity index (χ2n) is 18.0. The van der Waals surface area contributed by atoms with E-state index in [2.05, 4.69) is 29.0 Å². The van der Waals surface area contributed by atoms with E-state index >= 15 is 0 Å². The Hall–Kier alpha value is -4.68. The van der Waals surface area contributed by atoms with E-state index in [-0.39, 0.29) is 42.3 Å². The van der Waals surface area contributed by atoms with Crippen LogP contribution in [0, 0.1) is 29.6 Å². The molecule has 0 bridgehead atoms. The number of aromatic nitrogens is 2. The highest BCUT2D eigenvalue weighted by Crippen LogP contribution is 2.50. The number of aromatic hydroxyl groups is 1. The number of carboxylic acids is 1. The summed E-state index contributed by atoms with van der Waals surface area (Å²) < 4.78 is 0. The third-order valence-corrected chi connectivity index (χ3v) is 13.5. The monoisotopic (exact) mass is 836 g/mol. The first-order chi connectivity index (χ1) is 29.3. The fourth-order valence-electron chi connectivity index (χ4n) is 10.1. The molecule has 330 valence electrons. The summed E-state index contributed by atoms with van der Waals surface area (Å²) in [6.07, 6.45) is 14.1. The normalized spacial score (nSPS) is 24.1. The van der Waals surface area contributed by atoms with Crippen molar-refractivity contribution in [2.75, 3.05) is 5.73 Å². The van der Waals surface area contributed by atoms with E-state index in [1.165, 1.54) is 31.4 Å². The Kier molecular flexibility index (Phi) is 16.1. The largest absolute Gasteiger partial charge is 0.872 e. The molecule has 9 atom stereocenters. The van der Waals surface area contributed by atoms with Gasteiger partial charge >= 0.3 is 5.97 Å². The van der Waals surface area contributed by atoms with Crippen molar-refractivity contribution in [3.63, 3.8) is 0 Å². The number of nitrogens with zero attached hydrogens (tertiary/aromatic N) is 1. The molecule has 2 aromatic carbocycles. The Labute approximate surface area is 360 Å². The van der Waals surface area contributed by atoms with Crippen molar-refractivity contribution in [2.24, 2.45) is 29.6 Å². The lowest BCUT2D eigenvalue weighted by Gasteiger charge is -2.34. The molecule has 9 N–H and O–H groups in total. The second-order valence-corrected chi connectivity index (χ2v) is 18.0. The Morgan fingerprint density at radius 2 is 1.74 bits per heavy atom. The number of pyridine rings is 1. The lowest BCUT2D eigenvalue weighted by Crippen LogP contribution is -2.39. The quantitative estimate of drug-likeness (QED) is 0.0282. The third kappa shape index (κ3) is 12.2. The van der Waals surface area contributed by atoms with Crippen LogP contribution in [0.1, 0.15) is 125 Å². The number of phenolic OH excluding ortho intramolecular Hbond substituents is 1. The lowest BCUT2D eigenvalue weighted by molar-refractivity contribution is -0.269. The first kappa shape index (κ1) is 45.8. The first-order valence-corrected chi connectivity index (χ1v) is 22.5. The fourth-order valence-corrected chi connectivity index (χ4v) is 10.1. The summed E-state index contributed by atoms with van der Waals surface area (Å²) in [6.45, 7) is 2.19. The molecule has 2 heterocycles. The number of anilines is 1. The molecule has 0 aliphatic heterocycles. The first-order valence-electron chi connectivity index (χ1n) is 22.5. The highest BCUT2D eigenvalue weighted by atomic mass is 16.4. The number of hydrogen-bond acceptors (Lipinski definition) is 9. The molecule has 1 fully saturated rings. The van der Waals surface area contributed by atoms with Crippen molar-refractivity contribution in [1.82, 2.24) is 9.97 Å². The Morgan fingerprint density at radius 3 is 2.48 bits per heavy atom. The maximum Gasteiger partial charge on any atom is 0.309 e. The van der Waals surface area contributed by atoms with Gasteiger partial charge in [-0.3, -0.25) is 4.79 Å². The number of nitrogen functional groups attached to an aromatic ring is 1. The van der Waals surface area contributed by atoms with Gasteiger partial charge in [-0.25, -0.2) is 4.98 Å². The van der Waals surface area contributed by atoms with Crippen molar-refractivity contribution in [3.8, 4) is 22.8 Å². The molecule has 2 aromatic heterocycles. The number of rotatable bonds is 22. The summed E-state index contributed by atoms with van der Waals surface area (Å²) in [5.74, 6) is -2.33. The van der Waals surface area contributed by atoms with Crippen LogP contribution in [0.2, 0.25) is 0 Å². The van der Waals surface area contributed by atoms with Gasteiger partial charge in [0.2, 0.25) is 0 Å². The van der Waals surface area contributed by atoms with Gasteiger partial charge in [-0.05, 0) is 129 Å². The molecule has 4 aromatic rings. The van der Waals surface area contributed by atoms with Crippen LogP contribution in [0.3, 0.4) is 0 Å². The second kappa shape index (κ2) is 21.4. The lowest BCUT2D eigenvalue weighted by atomic mass is 9.79. The van der Waals surface area contributed by atoms with E-state index in [9.17, 15) is 40.5 Å². The average Bonchev–Trinajstić information content (AvgIpc) is 3.85. The Bertz CT molecular complexity index is 2040. The van der Waals surface area contributed by atoms with Crippen LogP contribution in [0.5, 0.6) is 11.5 Å². The van der Waals surface area contributed by atoms with E-state index in [0.717, 1.165) is 43.2 Å². The van der Waals surface area contributed by atoms with Gasteiger partial charge in [0.1, 0.15) is 11.6 Å². The number of unbranched alkanes of at least 4 members (excludes halogenated alkanes) is 4. The van der Waals surface area contributed by atoms with Crippen molar-refractivity contribution in [2.45, 2.75) is 134 Å². The summed E-state index contributed by atoms with van der Waals surface area (Å²) >= 11 is 0. The third-order valence-electron chi connectivity index (χ3n) is 13.5. The number of aromatic amines is 1. The maximum atomic E-state index is 13.2. The molecular formula is C50H66N3O8-. The minimum absolute atomic E-state index is 0.0402. The summed E-state index contributed by atoms with van der Waals surface area (Å²) in [4.78, 5) is 19.8. The summed E-state index contributed by atoms with van der Waals surface area (Å²) in [6, 6.07) is 19.5. The smallest absolute Gasteiger partial charge is 0.309 e. The molecular weight excluding hydrogens is 771 g/mol. The van der Waals surface area contributed by atoms with Crippen LogP contribution in [-0.2, 0) is 17.6 Å². The minimum atomic E-state index is -1.44. The standard InChI is InChI=1S/C50H67N3O8/c1-2-3-6-11-33-16-17-36(45(56)27-33)14-9-5-10-15-38(49(59)60)44(55)20-22-50(61)31-35(24-34-21-23-52-47(51)28-34)26-41(50)48(58)43-19-18-42(53-43)39-29-37(54)30-46(57)40(39)25-32-12-7-4-8-13-32/h4,7-8,12-13,16-19,21,23,28-30,33,35-36,38,41,44-45,48,53-58,61H,2-3,5-6,9-11,14-15,20,22,24-27,31H2,1H3,(H2,51,52)(H,59,60)/p-1/t33-,35-,36-,38+,41+,44-,45-,48+,50+/m1/s1. The zero-order valence-corrected chi connectivity index (χ0v) is 35.5. The number of H-pyrrole nitrogens is 1. The Balaban J connectivity index is 1.11. The molecule has 2 aliphatic carbocycles. The number of benzene rings is 2. The minimum Gasteiger partial charge on any atom is -0.872 e. The van der Waals surface area contributed by atoms with Crippen molar-refractivity contribution in [3.05, 3.63) is 107 Å². The topological polar surface area (TPSA) is 216 Å². The number of carboxylic acid groups (broad SMARTS) is 1. The van der Waals surface area contributed by atoms with Crippen LogP contribution in [0.4, 0.5) is 5.82 Å². The molecule has 0 saturated heterocycles. The SMILES string of the molecule is CCCCC[C@@H]1C=C[C@@H](CCCCC[C@H](C(=O)O)[C@H](O)CC[C@]2(O)C[C@H](Cc3ccnc(N)c3)C[C@H]2[C@H](O)c2ccc(-c3cc(O)cc([O-])c3Cc3ccccc3)[nH]2)[C@H](O)C1. The van der Waals surface area contributed by atoms with Gasteiger partial charge in [-0.2, -0.15) is 0 Å². The summed E-state index contributed by atoms with van der Waals surface area (Å²) in [5, 5.41) is 80.4. The number of aliphatic hydroxyl groups excluding tert-OH is 3. The predicted octanol–water partition coefficient (Wildman–Crippen LogP) is 7.99. The molecule has 6 rings (SSSR count). The fraction of sp³-hybridized carbons (Fsp3) is 0.520. The van der Waals surface area contributed by atoms with Gasteiger partial charge in [0.25, 0.3) is 0 Å². The molecule has 0 unspecified atom stereocenters. The van der Waals surface area contributed by atoms with Crippen LogP contribution < -0.4 is 10.8 Å². The number of carbonyl (C=O) groups is 1. The van der Waals surface area contributed by atoms with Crippen LogP contribution in [0.15, 0.2) is 85.1 Å². The highest BCUT2D eigenvalue weighted by Gasteiger charge is 2.50. The zero-order valence-electron chi connectivity index (χ0n) is 35.5. The molecule has 2 aliphatic rings. The van der Waals surface area contributed by atoms with E-state index in [0.29, 0.717) is 72.8 Å². The van der Waals surface area contributed by atoms with Gasteiger partial charge in [-0.1, -0.05) is 87.9 Å². The molecule has 0 amide bonds. The number of aliphatic hydroxyl groups is 4. The summed E-state index contributed by atoms with van der Waals surface area (Å²) in [5.41, 5.74) is 8.40. The number of nitrogens with one attached hydrogen (secondary N) is 1. The van der Waals surface area contributed by atoms with E-state index in [1.807, 2.05) is 36.4 Å². The number of allylic oxidation sites excluding steroid dienone is 1. The number of nitrogens with two attached hydrogens (primary N) is 1. The molecule has 1 saturated carbocycles. The highest BCUT2D eigenvalue weighted by molar-refractivity contribution is 5.71. The number of phenols is 1. The van der Waals surface area contributed by atoms with Crippen molar-refractivity contribution >= 4 is 11.8 Å². The van der Waals surface area contributed by atoms with Crippen LogP contribution >= 0.6 is 0 Å². The van der Waals surface area contributed by atoms with E-state index in [4.69, 9.17) is 5.73 Å². The van der Waals surface area contributed by atoms with Crippen molar-refractivity contribution in [1.29, 1.82) is 0 Å². The summed E-state index contributed by atoms with van der Waals surface area (Å²) in [7, 11) is 0. The molecule has 11 heteroatoms. The van der Waals surface area contributed by atoms with E-state index < -0.39 is 35.6 Å². The predicted molar refractivity (Wildman–Crippen MR) is 235 cm³/mol. The molecule has 61 heavy (non-hydrogen) atoms. The van der Waals surface area contributed by atoms with Gasteiger partial charge in [0, 0.05) is 35.0 Å². The van der Waals surface area contributed by atoms with Gasteiger partial charge in [0.05, 0.1) is 29.8 Å². The molecule has 0 radical (unpaired) electrons. The average molecular weight is 837 g/mol.